The second-order valence-corrected chi connectivity index (χ2v) is 13.8. The van der Waals surface area contributed by atoms with Crippen LogP contribution in [0.25, 0.3) is 21.1 Å². The van der Waals surface area contributed by atoms with E-state index < -0.39 is 31.6 Å². The highest BCUT2D eigenvalue weighted by Gasteiger charge is 2.14. The number of halogens is 1. The second kappa shape index (κ2) is 13.0. The van der Waals surface area contributed by atoms with Crippen molar-refractivity contribution < 1.29 is 30.9 Å². The van der Waals surface area contributed by atoms with Crippen molar-refractivity contribution in [1.29, 1.82) is 0 Å². The number of aromatic nitrogens is 4. The van der Waals surface area contributed by atoms with E-state index in [9.17, 15) is 21.6 Å². The molecule has 0 saturated heterocycles. The summed E-state index contributed by atoms with van der Waals surface area (Å²) in [6.07, 6.45) is 6.79. The Morgan fingerprint density at radius 1 is 1.10 bits per heavy atom. The van der Waals surface area contributed by atoms with Crippen LogP contribution >= 0.6 is 23.1 Å². The molecule has 0 aliphatic heterocycles. The van der Waals surface area contributed by atoms with Crippen molar-refractivity contribution in [3.05, 3.63) is 66.2 Å². The number of nitrogens with one attached hydrogen (secondary N) is 2. The molecule has 222 valence electrons. The molecule has 13 nitrogen and oxygen atoms in total. The van der Waals surface area contributed by atoms with E-state index in [0.29, 0.717) is 46.3 Å². The molecule has 42 heavy (non-hydrogen) atoms. The van der Waals surface area contributed by atoms with E-state index >= 15 is 0 Å². The number of amides is 1. The Morgan fingerprint density at radius 2 is 1.86 bits per heavy atom. The number of carbonyl (C=O) groups excluding carboxylic acids is 1. The van der Waals surface area contributed by atoms with Crippen LogP contribution in [0.4, 0.5) is 11.5 Å². The third kappa shape index (κ3) is 8.83. The zero-order valence-electron chi connectivity index (χ0n) is 22.2. The Hall–Kier alpha value is -3.83. The van der Waals surface area contributed by atoms with Gasteiger partial charge in [-0.1, -0.05) is 17.7 Å². The van der Waals surface area contributed by atoms with Crippen molar-refractivity contribution >= 4 is 81.6 Å². The van der Waals surface area contributed by atoms with E-state index in [2.05, 4.69) is 25.0 Å². The molecule has 0 aliphatic rings. The molecular formula is C25H25ClN6O7S3. The number of rotatable bonds is 9. The SMILES string of the molecule is CS(=O)(=O)CC(=O)NCCn1ccc2ncnc(Nc3ccc(Oc4cccc5sncc45)c(Cl)c3)c21.CS(=O)(=O)O. The minimum atomic E-state index is -3.67. The van der Waals surface area contributed by atoms with Gasteiger partial charge < -0.3 is 19.9 Å². The summed E-state index contributed by atoms with van der Waals surface area (Å²) in [5, 5.41) is 7.23. The van der Waals surface area contributed by atoms with Gasteiger partial charge >= 0.3 is 0 Å². The van der Waals surface area contributed by atoms with Crippen LogP contribution in [-0.2, 0) is 31.3 Å². The maximum Gasteiger partial charge on any atom is 0.261 e. The highest BCUT2D eigenvalue weighted by molar-refractivity contribution is 7.91. The summed E-state index contributed by atoms with van der Waals surface area (Å²) in [5.74, 6) is 0.642. The molecule has 5 aromatic rings. The Kier molecular flexibility index (Phi) is 9.63. The number of benzene rings is 2. The summed E-state index contributed by atoms with van der Waals surface area (Å²) < 4.78 is 61.6. The van der Waals surface area contributed by atoms with Crippen molar-refractivity contribution in [3.63, 3.8) is 0 Å². The molecule has 0 unspecified atom stereocenters. The lowest BCUT2D eigenvalue weighted by atomic mass is 10.2. The topological polar surface area (TPSA) is 182 Å². The van der Waals surface area contributed by atoms with Crippen LogP contribution in [-0.4, -0.2) is 71.0 Å². The lowest BCUT2D eigenvalue weighted by Crippen LogP contribution is -2.32. The van der Waals surface area contributed by atoms with Gasteiger partial charge in [-0.05, 0) is 47.9 Å². The van der Waals surface area contributed by atoms with E-state index in [1.807, 2.05) is 41.1 Å². The normalized spacial score (nSPS) is 11.6. The van der Waals surface area contributed by atoms with Crippen molar-refractivity contribution in [3.8, 4) is 11.5 Å². The summed E-state index contributed by atoms with van der Waals surface area (Å²) >= 11 is 7.94. The minimum absolute atomic E-state index is 0.247. The van der Waals surface area contributed by atoms with Crippen molar-refractivity contribution in [2.45, 2.75) is 6.54 Å². The molecule has 0 bridgehead atoms. The molecule has 0 radical (unpaired) electrons. The Morgan fingerprint density at radius 3 is 2.57 bits per heavy atom. The van der Waals surface area contributed by atoms with Crippen molar-refractivity contribution in [2.24, 2.45) is 0 Å². The number of fused-ring (bicyclic) bond motifs is 2. The van der Waals surface area contributed by atoms with Gasteiger partial charge in [0.05, 0.1) is 33.1 Å². The molecule has 1 amide bonds. The van der Waals surface area contributed by atoms with Gasteiger partial charge in [0.2, 0.25) is 5.91 Å². The van der Waals surface area contributed by atoms with E-state index in [-0.39, 0.29) is 6.54 Å². The summed E-state index contributed by atoms with van der Waals surface area (Å²) in [6, 6.07) is 13.0. The number of carbonyl (C=O) groups is 1. The molecule has 0 atom stereocenters. The van der Waals surface area contributed by atoms with Gasteiger partial charge in [0.15, 0.2) is 15.7 Å². The second-order valence-electron chi connectivity index (χ2n) is 8.98. The van der Waals surface area contributed by atoms with Gasteiger partial charge in [0.25, 0.3) is 10.1 Å². The summed E-state index contributed by atoms with van der Waals surface area (Å²) in [4.78, 5) is 20.5. The lowest BCUT2D eigenvalue weighted by Gasteiger charge is -2.13. The molecule has 3 heterocycles. The summed E-state index contributed by atoms with van der Waals surface area (Å²) in [5.41, 5.74) is 2.14. The van der Waals surface area contributed by atoms with E-state index in [1.165, 1.54) is 17.9 Å². The zero-order valence-corrected chi connectivity index (χ0v) is 25.4. The van der Waals surface area contributed by atoms with Gasteiger partial charge in [-0.3, -0.25) is 9.35 Å². The van der Waals surface area contributed by atoms with Crippen molar-refractivity contribution in [2.75, 3.05) is 30.1 Å². The monoisotopic (exact) mass is 652 g/mol. The first-order valence-electron chi connectivity index (χ1n) is 12.0. The fourth-order valence-corrected chi connectivity index (χ4v) is 5.25. The quantitative estimate of drug-likeness (QED) is 0.196. The lowest BCUT2D eigenvalue weighted by molar-refractivity contribution is -0.118. The Labute approximate surface area is 250 Å². The molecule has 0 spiro atoms. The Bertz CT molecular complexity index is 1950. The largest absolute Gasteiger partial charge is 0.455 e. The summed E-state index contributed by atoms with van der Waals surface area (Å²) in [6.45, 7) is 0.647. The van der Waals surface area contributed by atoms with Gasteiger partial charge in [0, 0.05) is 31.2 Å². The van der Waals surface area contributed by atoms with Crippen LogP contribution in [0.2, 0.25) is 5.02 Å². The van der Waals surface area contributed by atoms with Crippen LogP contribution in [0.15, 0.2) is 61.2 Å². The molecule has 3 aromatic heterocycles. The molecule has 2 aromatic carbocycles. The molecule has 3 N–H and O–H groups in total. The van der Waals surface area contributed by atoms with Gasteiger partial charge in [-0.25, -0.2) is 18.4 Å². The molecule has 0 aliphatic carbocycles. The predicted molar refractivity (Wildman–Crippen MR) is 162 cm³/mol. The highest BCUT2D eigenvalue weighted by Crippen LogP contribution is 2.36. The van der Waals surface area contributed by atoms with Crippen LogP contribution in [0, 0.1) is 0 Å². The van der Waals surface area contributed by atoms with E-state index in [1.54, 1.807) is 18.3 Å². The average Bonchev–Trinajstić information content (AvgIpc) is 3.52. The molecular weight excluding hydrogens is 628 g/mol. The van der Waals surface area contributed by atoms with Gasteiger partial charge in [-0.15, -0.1) is 0 Å². The molecule has 5 rings (SSSR count). The number of hydrogen-bond donors (Lipinski definition) is 3. The number of anilines is 2. The average molecular weight is 653 g/mol. The van der Waals surface area contributed by atoms with E-state index in [4.69, 9.17) is 20.9 Å². The van der Waals surface area contributed by atoms with Gasteiger partial charge in [0.1, 0.15) is 29.1 Å². The fourth-order valence-electron chi connectivity index (χ4n) is 3.79. The Balaban J connectivity index is 0.000000748. The maximum absolute atomic E-state index is 11.8. The fraction of sp³-hybridized carbons (Fsp3) is 0.200. The first-order chi connectivity index (χ1) is 19.8. The van der Waals surface area contributed by atoms with Crippen molar-refractivity contribution in [1.82, 2.24) is 24.2 Å². The smallest absolute Gasteiger partial charge is 0.261 e. The molecule has 17 heteroatoms. The zero-order chi connectivity index (χ0) is 30.5. The third-order valence-corrected chi connectivity index (χ3v) is 7.24. The third-order valence-electron chi connectivity index (χ3n) is 5.39. The predicted octanol–water partition coefficient (Wildman–Crippen LogP) is 3.90. The standard InChI is InChI=1S/C24H21ClN6O4S2.CH4O3S/c1-37(33,34)13-22(32)26-8-10-31-9-7-18-23(31)24(28-14-27-18)30-15-5-6-20(17(25)11-15)35-19-3-2-4-21-16(19)12-29-36-21;1-5(2,3)4/h2-7,9,11-12,14H,8,10,13H2,1H3,(H,26,32)(H,27,28,30);1H3,(H,2,3,4). The molecule has 0 saturated carbocycles. The summed E-state index contributed by atoms with van der Waals surface area (Å²) in [7, 11) is -7.05. The number of nitrogens with zero attached hydrogens (tertiary/aromatic N) is 4. The van der Waals surface area contributed by atoms with Gasteiger partial charge in [-0.2, -0.15) is 12.8 Å². The molecule has 0 fully saturated rings. The highest BCUT2D eigenvalue weighted by atomic mass is 35.5. The number of hydrogen-bond acceptors (Lipinski definition) is 11. The first-order valence-corrected chi connectivity index (χ1v) is 17.1. The minimum Gasteiger partial charge on any atom is -0.455 e. The van der Waals surface area contributed by atoms with E-state index in [0.717, 1.165) is 21.9 Å². The maximum atomic E-state index is 11.8. The van der Waals surface area contributed by atoms with Crippen LogP contribution < -0.4 is 15.4 Å². The first kappa shape index (κ1) is 31.1. The number of ether oxygens (including phenoxy) is 1. The number of sulfone groups is 1. The van der Waals surface area contributed by atoms with Crippen LogP contribution in [0.1, 0.15) is 0 Å². The van der Waals surface area contributed by atoms with Crippen LogP contribution in [0.3, 0.4) is 0 Å². The van der Waals surface area contributed by atoms with Crippen LogP contribution in [0.5, 0.6) is 11.5 Å².